The third-order valence-electron chi connectivity index (χ3n) is 2.95. The van der Waals surface area contributed by atoms with Gasteiger partial charge in [0.25, 0.3) is 5.91 Å². The molecule has 0 bridgehead atoms. The van der Waals surface area contributed by atoms with Crippen LogP contribution in [0, 0.1) is 5.82 Å². The molecule has 0 radical (unpaired) electrons. The molecular weight excluding hydrogens is 281 g/mol. The number of carbonyl (C=O) groups excluding carboxylic acids is 1. The maximum Gasteiger partial charge on any atom is 0.326 e. The fourth-order valence-electron chi connectivity index (χ4n) is 1.92. The second-order valence-electron chi connectivity index (χ2n) is 4.40. The Morgan fingerprint density at radius 3 is 2.95 bits per heavy atom. The van der Waals surface area contributed by atoms with Crippen LogP contribution in [0.2, 0.25) is 0 Å². The lowest BCUT2D eigenvalue weighted by Gasteiger charge is -2.14. The maximum atomic E-state index is 13.5. The van der Waals surface area contributed by atoms with Crippen LogP contribution in [0.25, 0.3) is 11.0 Å². The molecule has 8 heteroatoms. The van der Waals surface area contributed by atoms with E-state index in [1.54, 1.807) is 0 Å². The number of benzene rings is 1. The Morgan fingerprint density at radius 1 is 1.52 bits per heavy atom. The van der Waals surface area contributed by atoms with Gasteiger partial charge in [0.1, 0.15) is 17.4 Å². The van der Waals surface area contributed by atoms with Crippen molar-refractivity contribution in [3.8, 4) is 0 Å². The van der Waals surface area contributed by atoms with Gasteiger partial charge in [0.05, 0.1) is 17.4 Å². The Kier molecular flexibility index (Phi) is 4.49. The SMILES string of the molecule is COCCC(NC(=O)c1cc(F)cc2[nH]cnc12)C(=O)O. The number of ether oxygens (including phenoxy) is 1. The molecule has 1 aromatic heterocycles. The van der Waals surface area contributed by atoms with Gasteiger partial charge in [-0.2, -0.15) is 0 Å². The van der Waals surface area contributed by atoms with Crippen molar-refractivity contribution in [2.75, 3.05) is 13.7 Å². The van der Waals surface area contributed by atoms with Gasteiger partial charge >= 0.3 is 5.97 Å². The van der Waals surface area contributed by atoms with Crippen molar-refractivity contribution < 1.29 is 23.8 Å². The zero-order chi connectivity index (χ0) is 15.4. The highest BCUT2D eigenvalue weighted by molar-refractivity contribution is 6.05. The predicted octanol–water partition coefficient (Wildman–Crippen LogP) is 0.922. The van der Waals surface area contributed by atoms with Crippen molar-refractivity contribution in [2.45, 2.75) is 12.5 Å². The van der Waals surface area contributed by atoms with Crippen molar-refractivity contribution in [1.82, 2.24) is 15.3 Å². The van der Waals surface area contributed by atoms with Crippen molar-refractivity contribution in [1.29, 1.82) is 0 Å². The Balaban J connectivity index is 2.25. The van der Waals surface area contributed by atoms with Gasteiger partial charge in [-0.3, -0.25) is 4.79 Å². The zero-order valence-corrected chi connectivity index (χ0v) is 11.2. The number of methoxy groups -OCH3 is 1. The third-order valence-corrected chi connectivity index (χ3v) is 2.95. The van der Waals surface area contributed by atoms with E-state index < -0.39 is 23.7 Å². The average molecular weight is 295 g/mol. The number of rotatable bonds is 6. The molecule has 0 fully saturated rings. The summed E-state index contributed by atoms with van der Waals surface area (Å²) in [5.41, 5.74) is 0.628. The van der Waals surface area contributed by atoms with Crippen LogP contribution in [0.5, 0.6) is 0 Å². The zero-order valence-electron chi connectivity index (χ0n) is 11.2. The molecule has 0 saturated carbocycles. The van der Waals surface area contributed by atoms with Crippen LogP contribution in [-0.4, -0.2) is 46.7 Å². The lowest BCUT2D eigenvalue weighted by atomic mass is 10.1. The van der Waals surface area contributed by atoms with Crippen LogP contribution in [0.1, 0.15) is 16.8 Å². The summed E-state index contributed by atoms with van der Waals surface area (Å²) in [6, 6.07) is 1.11. The summed E-state index contributed by atoms with van der Waals surface area (Å²) in [7, 11) is 1.43. The van der Waals surface area contributed by atoms with Crippen molar-refractivity contribution >= 4 is 22.9 Å². The van der Waals surface area contributed by atoms with Gasteiger partial charge in [-0.05, 0) is 12.1 Å². The lowest BCUT2D eigenvalue weighted by Crippen LogP contribution is -2.41. The molecule has 0 aliphatic rings. The van der Waals surface area contributed by atoms with Gasteiger partial charge in [0.2, 0.25) is 0 Å². The van der Waals surface area contributed by atoms with E-state index >= 15 is 0 Å². The number of H-pyrrole nitrogens is 1. The highest BCUT2D eigenvalue weighted by Crippen LogP contribution is 2.17. The van der Waals surface area contributed by atoms with Crippen molar-refractivity contribution in [3.05, 3.63) is 29.8 Å². The minimum Gasteiger partial charge on any atom is -0.480 e. The van der Waals surface area contributed by atoms with E-state index in [1.807, 2.05) is 0 Å². The molecular formula is C13H14FN3O4. The minimum atomic E-state index is -1.19. The topological polar surface area (TPSA) is 104 Å². The molecule has 1 amide bonds. The van der Waals surface area contributed by atoms with E-state index in [0.717, 1.165) is 6.07 Å². The first-order valence-electron chi connectivity index (χ1n) is 6.18. The van der Waals surface area contributed by atoms with Crippen LogP contribution in [0.4, 0.5) is 4.39 Å². The first-order chi connectivity index (χ1) is 10.0. The summed E-state index contributed by atoms with van der Waals surface area (Å²) in [6.07, 6.45) is 1.44. The number of aliphatic carboxylic acids is 1. The number of hydrogen-bond donors (Lipinski definition) is 3. The van der Waals surface area contributed by atoms with Crippen LogP contribution < -0.4 is 5.32 Å². The van der Waals surface area contributed by atoms with Gasteiger partial charge < -0.3 is 20.1 Å². The van der Waals surface area contributed by atoms with E-state index in [1.165, 1.54) is 19.5 Å². The molecule has 2 aromatic rings. The van der Waals surface area contributed by atoms with E-state index in [0.29, 0.717) is 5.52 Å². The number of aromatic amines is 1. The number of carbonyl (C=O) groups is 2. The lowest BCUT2D eigenvalue weighted by molar-refractivity contribution is -0.139. The molecule has 0 aliphatic heterocycles. The standard InChI is InChI=1S/C13H14FN3O4/c1-21-3-2-9(13(19)20)17-12(18)8-4-7(14)5-10-11(8)16-6-15-10/h4-6,9H,2-3H2,1H3,(H,15,16)(H,17,18)(H,19,20). The summed E-state index contributed by atoms with van der Waals surface area (Å²) in [6.45, 7) is 0.179. The maximum absolute atomic E-state index is 13.5. The van der Waals surface area contributed by atoms with E-state index in [4.69, 9.17) is 9.84 Å². The molecule has 1 unspecified atom stereocenters. The summed E-state index contributed by atoms with van der Waals surface area (Å²) < 4.78 is 18.3. The summed E-state index contributed by atoms with van der Waals surface area (Å²) >= 11 is 0. The highest BCUT2D eigenvalue weighted by Gasteiger charge is 2.22. The molecule has 1 heterocycles. The number of nitrogens with zero attached hydrogens (tertiary/aromatic N) is 1. The van der Waals surface area contributed by atoms with E-state index in [2.05, 4.69) is 15.3 Å². The number of carboxylic acids is 1. The molecule has 2 rings (SSSR count). The van der Waals surface area contributed by atoms with Gasteiger partial charge in [0, 0.05) is 20.1 Å². The molecule has 0 spiro atoms. The van der Waals surface area contributed by atoms with Gasteiger partial charge in [-0.15, -0.1) is 0 Å². The summed E-state index contributed by atoms with van der Waals surface area (Å²) in [5.74, 6) is -2.49. The Labute approximate surface area is 119 Å². The fraction of sp³-hybridized carbons (Fsp3) is 0.308. The number of hydrogen-bond acceptors (Lipinski definition) is 4. The van der Waals surface area contributed by atoms with E-state index in [9.17, 15) is 14.0 Å². The van der Waals surface area contributed by atoms with Gasteiger partial charge in [-0.25, -0.2) is 14.2 Å². The molecule has 0 saturated heterocycles. The number of nitrogens with one attached hydrogen (secondary N) is 2. The number of imidazole rings is 1. The second-order valence-corrected chi connectivity index (χ2v) is 4.40. The van der Waals surface area contributed by atoms with Crippen LogP contribution in [0.3, 0.4) is 0 Å². The van der Waals surface area contributed by atoms with Crippen molar-refractivity contribution in [2.24, 2.45) is 0 Å². The Bertz CT molecular complexity index is 670. The quantitative estimate of drug-likeness (QED) is 0.735. The first-order valence-corrected chi connectivity index (χ1v) is 6.18. The molecule has 1 atom stereocenters. The number of carboxylic acid groups (broad SMARTS) is 1. The molecule has 112 valence electrons. The third kappa shape index (κ3) is 3.34. The van der Waals surface area contributed by atoms with Crippen LogP contribution >= 0.6 is 0 Å². The smallest absolute Gasteiger partial charge is 0.326 e. The number of halogens is 1. The molecule has 1 aromatic carbocycles. The average Bonchev–Trinajstić information content (AvgIpc) is 2.89. The highest BCUT2D eigenvalue weighted by atomic mass is 19.1. The summed E-state index contributed by atoms with van der Waals surface area (Å²) in [4.78, 5) is 29.9. The normalized spacial score (nSPS) is 12.3. The number of aromatic nitrogens is 2. The molecule has 3 N–H and O–H groups in total. The fourth-order valence-corrected chi connectivity index (χ4v) is 1.92. The number of amides is 1. The van der Waals surface area contributed by atoms with Crippen LogP contribution in [0.15, 0.2) is 18.5 Å². The Morgan fingerprint density at radius 2 is 2.29 bits per heavy atom. The van der Waals surface area contributed by atoms with Gasteiger partial charge in [-0.1, -0.05) is 0 Å². The van der Waals surface area contributed by atoms with Crippen molar-refractivity contribution in [3.63, 3.8) is 0 Å². The predicted molar refractivity (Wildman–Crippen MR) is 71.4 cm³/mol. The van der Waals surface area contributed by atoms with Gasteiger partial charge in [0.15, 0.2) is 0 Å². The van der Waals surface area contributed by atoms with Crippen LogP contribution in [-0.2, 0) is 9.53 Å². The number of fused-ring (bicyclic) bond motifs is 1. The molecule has 7 nitrogen and oxygen atoms in total. The largest absolute Gasteiger partial charge is 0.480 e. The second kappa shape index (κ2) is 6.31. The molecule has 0 aliphatic carbocycles. The summed E-state index contributed by atoms with van der Waals surface area (Å²) in [5, 5.41) is 11.4. The monoisotopic (exact) mass is 295 g/mol. The molecule has 21 heavy (non-hydrogen) atoms. The minimum absolute atomic E-state index is 0.0186. The first kappa shape index (κ1) is 14.9. The Hall–Kier alpha value is -2.48. The van der Waals surface area contributed by atoms with E-state index in [-0.39, 0.29) is 24.1 Å².